The van der Waals surface area contributed by atoms with Crippen LogP contribution in [0.5, 0.6) is 0 Å². The summed E-state index contributed by atoms with van der Waals surface area (Å²) in [7, 11) is 0. The van der Waals surface area contributed by atoms with Crippen LogP contribution in [0.2, 0.25) is 0 Å². The van der Waals surface area contributed by atoms with E-state index in [1.54, 1.807) is 0 Å². The minimum absolute atomic E-state index is 0.0268. The van der Waals surface area contributed by atoms with E-state index in [-0.39, 0.29) is 11.3 Å². The lowest BCUT2D eigenvalue weighted by Crippen LogP contribution is -2.05. The number of nitrogens with one attached hydrogen (secondary N) is 1. The fourth-order valence-electron chi connectivity index (χ4n) is 1.22. The Morgan fingerprint density at radius 3 is 2.80 bits per heavy atom. The third-order valence-corrected chi connectivity index (χ3v) is 1.91. The van der Waals surface area contributed by atoms with Crippen molar-refractivity contribution in [3.63, 3.8) is 0 Å². The van der Waals surface area contributed by atoms with E-state index in [4.69, 9.17) is 0 Å². The molecule has 0 amide bonds. The number of hydrogen-bond donors (Lipinski definition) is 1. The summed E-state index contributed by atoms with van der Waals surface area (Å²) in [6, 6.07) is 4.83. The molecule has 1 aromatic carbocycles. The van der Waals surface area contributed by atoms with Gasteiger partial charge in [0.15, 0.2) is 11.6 Å². The van der Waals surface area contributed by atoms with Crippen molar-refractivity contribution in [1.29, 1.82) is 0 Å². The van der Waals surface area contributed by atoms with Gasteiger partial charge in [0.05, 0.1) is 12.0 Å². The number of halogens is 2. The largest absolute Gasteiger partial charge is 0.313 e. The van der Waals surface area contributed by atoms with Crippen LogP contribution in [0.25, 0.3) is 11.3 Å². The molecule has 1 aromatic heterocycles. The highest BCUT2D eigenvalue weighted by Gasteiger charge is 2.10. The highest BCUT2D eigenvalue weighted by Crippen LogP contribution is 2.20. The molecule has 76 valence electrons. The summed E-state index contributed by atoms with van der Waals surface area (Å²) >= 11 is 0. The average molecular weight is 208 g/mol. The normalized spacial score (nSPS) is 10.3. The van der Waals surface area contributed by atoms with Crippen molar-refractivity contribution in [2.24, 2.45) is 0 Å². The zero-order chi connectivity index (χ0) is 10.8. The van der Waals surface area contributed by atoms with Crippen LogP contribution in [0.15, 0.2) is 35.4 Å². The molecule has 0 saturated carbocycles. The number of hydrogen-bond acceptors (Lipinski definition) is 2. The molecule has 0 aliphatic heterocycles. The van der Waals surface area contributed by atoms with E-state index in [0.717, 1.165) is 18.5 Å². The number of nitrogens with zero attached hydrogens (tertiary/aromatic N) is 1. The molecule has 0 unspecified atom stereocenters. The molecule has 2 aromatic rings. The van der Waals surface area contributed by atoms with Gasteiger partial charge >= 0.3 is 0 Å². The maximum atomic E-state index is 13.3. The van der Waals surface area contributed by atoms with Crippen LogP contribution in [-0.2, 0) is 0 Å². The Hall–Kier alpha value is -2.04. The van der Waals surface area contributed by atoms with Crippen molar-refractivity contribution in [2.75, 3.05) is 0 Å². The van der Waals surface area contributed by atoms with Gasteiger partial charge in [-0.15, -0.1) is 0 Å². The van der Waals surface area contributed by atoms with Crippen molar-refractivity contribution < 1.29 is 8.78 Å². The smallest absolute Gasteiger partial charge is 0.251 e. The van der Waals surface area contributed by atoms with Crippen LogP contribution < -0.4 is 5.56 Å². The van der Waals surface area contributed by atoms with Gasteiger partial charge in [-0.3, -0.25) is 4.79 Å². The summed E-state index contributed by atoms with van der Waals surface area (Å²) in [5, 5.41) is 0. The van der Waals surface area contributed by atoms with E-state index >= 15 is 0 Å². The van der Waals surface area contributed by atoms with Gasteiger partial charge in [0.1, 0.15) is 0 Å². The zero-order valence-corrected chi connectivity index (χ0v) is 7.50. The first-order chi connectivity index (χ1) is 7.18. The first-order valence-electron chi connectivity index (χ1n) is 4.17. The van der Waals surface area contributed by atoms with Gasteiger partial charge in [-0.1, -0.05) is 6.07 Å². The predicted octanol–water partition coefficient (Wildman–Crippen LogP) is 1.72. The Kier molecular flexibility index (Phi) is 2.29. The summed E-state index contributed by atoms with van der Waals surface area (Å²) in [5.41, 5.74) is -0.333. The van der Waals surface area contributed by atoms with Gasteiger partial charge in [-0.05, 0) is 12.1 Å². The maximum absolute atomic E-state index is 13.3. The molecule has 0 fully saturated rings. The monoisotopic (exact) mass is 208 g/mol. The fourth-order valence-corrected chi connectivity index (χ4v) is 1.22. The van der Waals surface area contributed by atoms with Gasteiger partial charge in [0, 0.05) is 11.6 Å². The zero-order valence-electron chi connectivity index (χ0n) is 7.50. The summed E-state index contributed by atoms with van der Waals surface area (Å²) in [4.78, 5) is 17.0. The lowest BCUT2D eigenvalue weighted by atomic mass is 10.1. The van der Waals surface area contributed by atoms with E-state index in [1.807, 2.05) is 0 Å². The molecule has 1 N–H and O–H groups in total. The number of aromatic nitrogens is 2. The van der Waals surface area contributed by atoms with Gasteiger partial charge in [0.2, 0.25) is 0 Å². The third kappa shape index (κ3) is 1.76. The van der Waals surface area contributed by atoms with Gasteiger partial charge in [-0.25, -0.2) is 13.8 Å². The molecule has 0 atom stereocenters. The average Bonchev–Trinajstić information content (AvgIpc) is 2.22. The molecule has 0 spiro atoms. The van der Waals surface area contributed by atoms with Crippen molar-refractivity contribution >= 4 is 0 Å². The first kappa shape index (κ1) is 9.51. The molecule has 5 heteroatoms. The Balaban J connectivity index is 2.64. The third-order valence-electron chi connectivity index (χ3n) is 1.91. The maximum Gasteiger partial charge on any atom is 0.251 e. The van der Waals surface area contributed by atoms with Crippen LogP contribution in [-0.4, -0.2) is 9.97 Å². The Morgan fingerprint density at radius 2 is 2.07 bits per heavy atom. The second kappa shape index (κ2) is 3.61. The summed E-state index contributed by atoms with van der Waals surface area (Å²) < 4.78 is 26.2. The number of aromatic amines is 1. The highest BCUT2D eigenvalue weighted by molar-refractivity contribution is 5.59. The number of rotatable bonds is 1. The lowest BCUT2D eigenvalue weighted by Gasteiger charge is -2.01. The molecular weight excluding hydrogens is 202 g/mol. The Bertz CT molecular complexity index is 551. The first-order valence-corrected chi connectivity index (χ1v) is 4.17. The minimum atomic E-state index is -1.00. The molecule has 0 radical (unpaired) electrons. The van der Waals surface area contributed by atoms with Crippen molar-refractivity contribution in [3.05, 3.63) is 52.6 Å². The minimum Gasteiger partial charge on any atom is -0.313 e. The number of H-pyrrole nitrogens is 1. The Labute approximate surface area is 83.4 Å². The molecule has 3 nitrogen and oxygen atoms in total. The molecule has 0 aliphatic rings. The Morgan fingerprint density at radius 1 is 1.27 bits per heavy atom. The van der Waals surface area contributed by atoms with E-state index in [0.29, 0.717) is 0 Å². The van der Waals surface area contributed by atoms with Gasteiger partial charge in [0.25, 0.3) is 5.56 Å². The van der Waals surface area contributed by atoms with Gasteiger partial charge < -0.3 is 4.98 Å². The van der Waals surface area contributed by atoms with E-state index in [2.05, 4.69) is 9.97 Å². The van der Waals surface area contributed by atoms with Crippen LogP contribution in [0, 0.1) is 11.6 Å². The second-order valence-electron chi connectivity index (χ2n) is 2.90. The van der Waals surface area contributed by atoms with E-state index in [1.165, 1.54) is 12.1 Å². The topological polar surface area (TPSA) is 45.8 Å². The summed E-state index contributed by atoms with van der Waals surface area (Å²) in [5.74, 6) is -1.97. The van der Waals surface area contributed by atoms with Crippen LogP contribution >= 0.6 is 0 Å². The second-order valence-corrected chi connectivity index (χ2v) is 2.90. The molecule has 1 heterocycles. The van der Waals surface area contributed by atoms with Crippen molar-refractivity contribution in [3.8, 4) is 11.3 Å². The van der Waals surface area contributed by atoms with Crippen molar-refractivity contribution in [1.82, 2.24) is 9.97 Å². The molecule has 2 rings (SSSR count). The fraction of sp³-hybridized carbons (Fsp3) is 0. The predicted molar refractivity (Wildman–Crippen MR) is 50.2 cm³/mol. The summed E-state index contributed by atoms with van der Waals surface area (Å²) in [6.45, 7) is 0. The van der Waals surface area contributed by atoms with Crippen LogP contribution in [0.1, 0.15) is 0 Å². The highest BCUT2D eigenvalue weighted by atomic mass is 19.2. The molecule has 0 bridgehead atoms. The van der Waals surface area contributed by atoms with Gasteiger partial charge in [-0.2, -0.15) is 0 Å². The lowest BCUT2D eigenvalue weighted by molar-refractivity contribution is 0.511. The molecule has 0 aliphatic carbocycles. The SMILES string of the molecule is O=c1cc(-c2cccc(F)c2F)nc[nH]1. The van der Waals surface area contributed by atoms with Crippen LogP contribution in [0.3, 0.4) is 0 Å². The van der Waals surface area contributed by atoms with Crippen molar-refractivity contribution in [2.45, 2.75) is 0 Å². The molecule has 15 heavy (non-hydrogen) atoms. The summed E-state index contributed by atoms with van der Waals surface area (Å²) in [6.07, 6.45) is 1.14. The quantitative estimate of drug-likeness (QED) is 0.775. The molecule has 0 saturated heterocycles. The molecular formula is C10H6F2N2O. The van der Waals surface area contributed by atoms with E-state index < -0.39 is 17.2 Å². The van der Waals surface area contributed by atoms with E-state index in [9.17, 15) is 13.6 Å². The van der Waals surface area contributed by atoms with Crippen LogP contribution in [0.4, 0.5) is 8.78 Å². The standard InChI is InChI=1S/C10H6F2N2O/c11-7-3-1-2-6(10(7)12)8-4-9(15)14-5-13-8/h1-5H,(H,13,14,15). The number of benzene rings is 1.